The van der Waals surface area contributed by atoms with Gasteiger partial charge in [-0.2, -0.15) is 0 Å². The van der Waals surface area contributed by atoms with Gasteiger partial charge in [-0.05, 0) is 39.3 Å². The van der Waals surface area contributed by atoms with Gasteiger partial charge in [-0.1, -0.05) is 0 Å². The van der Waals surface area contributed by atoms with Gasteiger partial charge < -0.3 is 11.1 Å². The second kappa shape index (κ2) is 6.85. The molecule has 12 heavy (non-hydrogen) atoms. The molecular formula is C9H18N2O. The van der Waals surface area contributed by atoms with Gasteiger partial charge in [-0.25, -0.2) is 0 Å². The number of rotatable bonds is 6. The Kier molecular flexibility index (Phi) is 6.38. The minimum absolute atomic E-state index is 0.0822. The molecule has 3 N–H and O–H groups in total. The molecule has 0 aliphatic heterocycles. The number of carbonyl (C=O) groups excluding carboxylic acids is 1. The highest BCUT2D eigenvalue weighted by Gasteiger charge is 1.90. The standard InChI is InChI=1S/C9H18N2O/c1-8(7-9(2)12)11-6-4-3-5-10/h7,11H,3-6,10H2,1-2H3/b8-7+. The van der Waals surface area contributed by atoms with Crippen LogP contribution in [0.25, 0.3) is 0 Å². The fourth-order valence-electron chi connectivity index (χ4n) is 0.911. The first kappa shape index (κ1) is 11.2. The maximum atomic E-state index is 10.6. The van der Waals surface area contributed by atoms with Gasteiger partial charge in [0.25, 0.3) is 0 Å². The van der Waals surface area contributed by atoms with Gasteiger partial charge in [0.05, 0.1) is 0 Å². The van der Waals surface area contributed by atoms with E-state index >= 15 is 0 Å². The van der Waals surface area contributed by atoms with Crippen LogP contribution in [0.4, 0.5) is 0 Å². The molecule has 70 valence electrons. The average Bonchev–Trinajstić information content (AvgIpc) is 1.97. The number of hydrogen-bond acceptors (Lipinski definition) is 3. The molecule has 0 aromatic heterocycles. The Morgan fingerprint density at radius 3 is 2.58 bits per heavy atom. The molecule has 0 saturated heterocycles. The summed E-state index contributed by atoms with van der Waals surface area (Å²) in [5, 5.41) is 3.13. The number of carbonyl (C=O) groups is 1. The van der Waals surface area contributed by atoms with Crippen molar-refractivity contribution in [3.63, 3.8) is 0 Å². The van der Waals surface area contributed by atoms with Crippen molar-refractivity contribution in [3.05, 3.63) is 11.8 Å². The molecule has 0 radical (unpaired) electrons. The van der Waals surface area contributed by atoms with Crippen LogP contribution >= 0.6 is 0 Å². The van der Waals surface area contributed by atoms with Crippen LogP contribution in [0, 0.1) is 0 Å². The monoisotopic (exact) mass is 170 g/mol. The van der Waals surface area contributed by atoms with E-state index in [0.29, 0.717) is 0 Å². The second-order valence-corrected chi connectivity index (χ2v) is 2.86. The summed E-state index contributed by atoms with van der Waals surface area (Å²) in [6, 6.07) is 0. The predicted octanol–water partition coefficient (Wildman–Crippen LogP) is 0.808. The van der Waals surface area contributed by atoms with Crippen molar-refractivity contribution in [1.29, 1.82) is 0 Å². The van der Waals surface area contributed by atoms with Crippen molar-refractivity contribution in [3.8, 4) is 0 Å². The fourth-order valence-corrected chi connectivity index (χ4v) is 0.911. The third-order valence-corrected chi connectivity index (χ3v) is 1.45. The molecule has 0 saturated carbocycles. The number of unbranched alkanes of at least 4 members (excludes halogenated alkanes) is 1. The van der Waals surface area contributed by atoms with Crippen LogP contribution in [-0.4, -0.2) is 18.9 Å². The molecule has 3 nitrogen and oxygen atoms in total. The molecule has 0 atom stereocenters. The zero-order valence-electron chi connectivity index (χ0n) is 7.89. The Hall–Kier alpha value is -0.830. The molecule has 0 heterocycles. The largest absolute Gasteiger partial charge is 0.388 e. The van der Waals surface area contributed by atoms with E-state index < -0.39 is 0 Å². The van der Waals surface area contributed by atoms with E-state index in [1.807, 2.05) is 6.92 Å². The maximum Gasteiger partial charge on any atom is 0.154 e. The zero-order chi connectivity index (χ0) is 9.40. The summed E-state index contributed by atoms with van der Waals surface area (Å²) in [6.45, 7) is 5.07. The maximum absolute atomic E-state index is 10.6. The summed E-state index contributed by atoms with van der Waals surface area (Å²) in [5.41, 5.74) is 6.26. The Morgan fingerprint density at radius 2 is 2.08 bits per heavy atom. The number of nitrogens with two attached hydrogens (primary N) is 1. The van der Waals surface area contributed by atoms with Crippen LogP contribution in [0.1, 0.15) is 26.7 Å². The second-order valence-electron chi connectivity index (χ2n) is 2.86. The summed E-state index contributed by atoms with van der Waals surface area (Å²) >= 11 is 0. The lowest BCUT2D eigenvalue weighted by Gasteiger charge is -2.04. The minimum atomic E-state index is 0.0822. The highest BCUT2D eigenvalue weighted by Crippen LogP contribution is 1.89. The first-order chi connectivity index (χ1) is 5.66. The highest BCUT2D eigenvalue weighted by atomic mass is 16.1. The van der Waals surface area contributed by atoms with Gasteiger partial charge in [-0.15, -0.1) is 0 Å². The van der Waals surface area contributed by atoms with Crippen LogP contribution in [0.2, 0.25) is 0 Å². The summed E-state index contributed by atoms with van der Waals surface area (Å²) in [4.78, 5) is 10.6. The van der Waals surface area contributed by atoms with Gasteiger partial charge in [0.15, 0.2) is 5.78 Å². The predicted molar refractivity (Wildman–Crippen MR) is 50.7 cm³/mol. The number of hydrogen-bond donors (Lipinski definition) is 2. The van der Waals surface area contributed by atoms with Crippen LogP contribution in [0.15, 0.2) is 11.8 Å². The zero-order valence-corrected chi connectivity index (χ0v) is 7.89. The molecular weight excluding hydrogens is 152 g/mol. The molecule has 0 aliphatic rings. The SMILES string of the molecule is CC(=O)/C=C(\C)NCCCCN. The lowest BCUT2D eigenvalue weighted by molar-refractivity contribution is -0.112. The highest BCUT2D eigenvalue weighted by molar-refractivity contribution is 5.87. The normalized spacial score (nSPS) is 11.4. The smallest absolute Gasteiger partial charge is 0.154 e. The molecule has 0 fully saturated rings. The van der Waals surface area contributed by atoms with Crippen LogP contribution in [0.5, 0.6) is 0 Å². The summed E-state index contributed by atoms with van der Waals surface area (Å²) in [5.74, 6) is 0.0822. The molecule has 0 aliphatic carbocycles. The van der Waals surface area contributed by atoms with Crippen LogP contribution in [0.3, 0.4) is 0 Å². The van der Waals surface area contributed by atoms with E-state index in [2.05, 4.69) is 5.32 Å². The van der Waals surface area contributed by atoms with Gasteiger partial charge in [-0.3, -0.25) is 4.79 Å². The lowest BCUT2D eigenvalue weighted by atomic mass is 10.3. The van der Waals surface area contributed by atoms with Crippen molar-refractivity contribution in [2.75, 3.05) is 13.1 Å². The van der Waals surface area contributed by atoms with Crippen LogP contribution < -0.4 is 11.1 Å². The molecule has 0 rings (SSSR count). The van der Waals surface area contributed by atoms with Gasteiger partial charge in [0, 0.05) is 12.2 Å². The third kappa shape index (κ3) is 7.28. The quantitative estimate of drug-likeness (QED) is 0.458. The van der Waals surface area contributed by atoms with Crippen molar-refractivity contribution in [1.82, 2.24) is 5.32 Å². The van der Waals surface area contributed by atoms with Crippen molar-refractivity contribution in [2.45, 2.75) is 26.7 Å². The summed E-state index contributed by atoms with van der Waals surface area (Å²) in [7, 11) is 0. The third-order valence-electron chi connectivity index (χ3n) is 1.45. The number of nitrogens with one attached hydrogen (secondary N) is 1. The molecule has 0 unspecified atom stereocenters. The van der Waals surface area contributed by atoms with Gasteiger partial charge >= 0.3 is 0 Å². The fraction of sp³-hybridized carbons (Fsp3) is 0.667. The van der Waals surface area contributed by atoms with Gasteiger partial charge in [0.1, 0.15) is 0 Å². The van der Waals surface area contributed by atoms with E-state index in [1.54, 1.807) is 13.0 Å². The molecule has 0 bridgehead atoms. The lowest BCUT2D eigenvalue weighted by Crippen LogP contribution is -2.14. The molecule has 0 aromatic rings. The molecule has 0 aromatic carbocycles. The van der Waals surface area contributed by atoms with Crippen LogP contribution in [-0.2, 0) is 4.79 Å². The molecule has 0 spiro atoms. The number of allylic oxidation sites excluding steroid dienone is 2. The molecule has 0 amide bonds. The Morgan fingerprint density at radius 1 is 1.42 bits per heavy atom. The molecule has 3 heteroatoms. The Bertz CT molecular complexity index is 164. The Labute approximate surface area is 74.0 Å². The summed E-state index contributed by atoms with van der Waals surface area (Å²) in [6.07, 6.45) is 3.68. The van der Waals surface area contributed by atoms with Crippen molar-refractivity contribution < 1.29 is 4.79 Å². The first-order valence-corrected chi connectivity index (χ1v) is 4.29. The van der Waals surface area contributed by atoms with E-state index in [1.165, 1.54) is 0 Å². The van der Waals surface area contributed by atoms with Crippen molar-refractivity contribution >= 4 is 5.78 Å². The van der Waals surface area contributed by atoms with E-state index in [-0.39, 0.29) is 5.78 Å². The first-order valence-electron chi connectivity index (χ1n) is 4.29. The topological polar surface area (TPSA) is 55.1 Å². The van der Waals surface area contributed by atoms with E-state index in [4.69, 9.17) is 5.73 Å². The summed E-state index contributed by atoms with van der Waals surface area (Å²) < 4.78 is 0. The van der Waals surface area contributed by atoms with E-state index in [9.17, 15) is 4.79 Å². The van der Waals surface area contributed by atoms with Crippen molar-refractivity contribution in [2.24, 2.45) is 5.73 Å². The minimum Gasteiger partial charge on any atom is -0.388 e. The Balaban J connectivity index is 3.43. The average molecular weight is 170 g/mol. The van der Waals surface area contributed by atoms with Gasteiger partial charge in [0.2, 0.25) is 0 Å². The van der Waals surface area contributed by atoms with E-state index in [0.717, 1.165) is 31.6 Å². The number of ketones is 1.